The summed E-state index contributed by atoms with van der Waals surface area (Å²) in [6.45, 7) is 4.08. The summed E-state index contributed by atoms with van der Waals surface area (Å²) < 4.78 is 60.0. The number of piperidine rings is 4. The summed E-state index contributed by atoms with van der Waals surface area (Å²) in [6, 6.07) is 36.4. The molecule has 6 aromatic rings. The van der Waals surface area contributed by atoms with E-state index in [1.165, 1.54) is 74.4 Å². The van der Waals surface area contributed by atoms with Crippen molar-refractivity contribution >= 4 is 68.1 Å². The standard InChI is InChI=1S/C28H30NO4.C27H27NO4.C20H21NO4.C16H15NO4.C4H7Br.CH4O4S.CH2O3.ClH.Na/c1-29(14-17-7-8-17)25-26(29)13-19-9-10-21(32-15-18-5-3-2-4-6-18)23-22(19)27(16-26)24(33-23)20(30)11-12-28(25,27)31;29-19-10-11-27(30)24-25(28(24)13-16-6-7-16)12-18-8-9-20(31-14-17-4-2-1-3-5-17)22-21(18)26(27,15-25)23(19)32-22;22-12-4-3-11-7-18-9-19-14(11)15(12)25-16(19)13(23)5-6-20(19,24)17(18)21(18)8-10-1-2-10;18-8-2-1-7-5-14-6-15-10(7)11(8)21-12(15)9(19)3-4-16(15,20)13(14)17-14;5-3-4-1-2-4;1-6(3,4)5-2;2-1-4-3;;/h2-6,9-10,17,24-25,31H,7-8,11-16H2,1H3;1-5,8-9,16,23-24,30H,6-7,10-15H2;3-4,10,16-17,22,24H,1-2,5-9H2;1-2,12-13,17-18,20H,3-6H2;4H,1-3H2;2H,1H3;1,3H;1H;/q+1;;;;;;;;+1/p-2/t24?,25-,26?,27+,28-,29?;23?,24-,25?,26+,27-,28?;16?,17-,18?,19+,20-,21?;12?,13-,14?,15+,16-;;;;;/m1111...../s1. The number of benzene rings is 6. The van der Waals surface area contributed by atoms with Crippen LogP contribution in [-0.2, 0) is 104 Å². The van der Waals surface area contributed by atoms with Crippen LogP contribution in [0.3, 0.4) is 0 Å². The molecular weight excluding hydrogens is 1760 g/mol. The summed E-state index contributed by atoms with van der Waals surface area (Å²) in [7, 11) is -1.34. The van der Waals surface area contributed by atoms with Crippen molar-refractivity contribution in [2.45, 2.75) is 282 Å². The number of phenolic OH excluding ortho intramolecular Hbond substituents is 2. The number of ether oxygens (including phenoxy) is 6. The van der Waals surface area contributed by atoms with E-state index in [0.717, 1.165) is 143 Å². The molecule has 0 radical (unpaired) electrons. The van der Waals surface area contributed by atoms with Crippen molar-refractivity contribution in [1.29, 1.82) is 0 Å². The number of hydrogen-bond donors (Lipinski definition) is 7. The number of alkyl halides is 1. The minimum atomic E-state index is -3.72. The number of aliphatic hydroxyl groups is 4. The van der Waals surface area contributed by atoms with Gasteiger partial charge >= 0.3 is 29.6 Å². The van der Waals surface area contributed by atoms with Crippen LogP contribution in [-0.4, -0.2) is 214 Å². The van der Waals surface area contributed by atoms with Crippen molar-refractivity contribution in [2.75, 3.05) is 38.3 Å². The molecule has 4 saturated heterocycles. The number of phenols is 2. The number of ketones is 4. The predicted molar refractivity (Wildman–Crippen MR) is 454 cm³/mol. The number of fused-ring (bicyclic) bond motifs is 4. The molecule has 30 rings (SSSR count). The van der Waals surface area contributed by atoms with Crippen LogP contribution in [0.25, 0.3) is 0 Å². The molecule has 8 bridgehead atoms. The van der Waals surface area contributed by atoms with E-state index in [0.29, 0.717) is 99.6 Å². The number of hydrogen-bond acceptors (Lipinski definition) is 26. The number of nitrogens with one attached hydrogen (secondary N) is 1. The number of aromatic hydroxyl groups is 2. The normalized spacial score (nSPS) is 41.2. The second-order valence-corrected chi connectivity index (χ2v) is 44.2. The van der Waals surface area contributed by atoms with Crippen LogP contribution in [0, 0.1) is 23.7 Å². The third-order valence-electron chi connectivity index (χ3n) is 35.6. The average Bonchev–Trinajstić information content (AvgIpc) is 1.42. The zero-order valence-corrected chi connectivity index (χ0v) is 77.0. The number of carbonyl (C=O) groups excluding carboxylic acids is 5. The number of carbonyl (C=O) groups is 5. The molecule has 16 aliphatic carbocycles. The van der Waals surface area contributed by atoms with Gasteiger partial charge in [-0.05, 0) is 191 Å². The summed E-state index contributed by atoms with van der Waals surface area (Å²) in [4.78, 5) is 67.9. The van der Waals surface area contributed by atoms with Gasteiger partial charge in [0.25, 0.3) is 16.6 Å². The Morgan fingerprint density at radius 2 is 0.891 bits per heavy atom. The van der Waals surface area contributed by atoms with Gasteiger partial charge in [0.05, 0.1) is 76.4 Å². The molecule has 0 amide bonds. The maximum Gasteiger partial charge on any atom is 1.00 e. The van der Waals surface area contributed by atoms with Crippen molar-refractivity contribution in [3.8, 4) is 46.0 Å². The van der Waals surface area contributed by atoms with E-state index in [4.69, 9.17) is 43.7 Å². The van der Waals surface area contributed by atoms with Crippen LogP contribution >= 0.6 is 28.3 Å². The second kappa shape index (κ2) is 28.9. The number of quaternary nitrogens is 1. The van der Waals surface area contributed by atoms with E-state index < -0.39 is 78.6 Å². The molecule has 0 aromatic heterocycles. The number of likely N-dealkylation sites (N-methyl/N-ethyl adjacent to an activating group) is 1. The van der Waals surface area contributed by atoms with E-state index in [2.05, 4.69) is 59.4 Å². The van der Waals surface area contributed by atoms with Gasteiger partial charge in [0.2, 0.25) is 0 Å². The summed E-state index contributed by atoms with van der Waals surface area (Å²) in [5.74, 6) is 7.75. The van der Waals surface area contributed by atoms with Crippen molar-refractivity contribution in [2.24, 2.45) is 23.7 Å². The Morgan fingerprint density at radius 3 is 1.30 bits per heavy atom. The van der Waals surface area contributed by atoms with Gasteiger partial charge in [-0.2, -0.15) is 0 Å². The molecule has 8 heterocycles. The first-order chi connectivity index (χ1) is 60.4. The zero-order chi connectivity index (χ0) is 86.8. The molecule has 11 unspecified atom stereocenters. The minimum absolute atomic E-state index is 0. The van der Waals surface area contributed by atoms with Gasteiger partial charge < -0.3 is 88.6 Å². The first kappa shape index (κ1) is 86.6. The molecule has 6 aromatic carbocycles. The fourth-order valence-electron chi connectivity index (χ4n) is 30.3. The van der Waals surface area contributed by atoms with E-state index >= 15 is 0 Å². The van der Waals surface area contributed by atoms with Gasteiger partial charge in [-0.25, -0.2) is 8.42 Å². The molecule has 8 spiro atoms. The number of Topliss-reactive ketones (excluding diaryl/α,β-unsaturated/α-hetero) is 4. The van der Waals surface area contributed by atoms with Crippen molar-refractivity contribution in [3.63, 3.8) is 0 Å². The van der Waals surface area contributed by atoms with Gasteiger partial charge in [-0.1, -0.05) is 101 Å². The fraction of sp³-hybridized carbons (Fsp3) is 0.577. The van der Waals surface area contributed by atoms with Gasteiger partial charge in [0.1, 0.15) is 18.8 Å². The van der Waals surface area contributed by atoms with Crippen LogP contribution in [0.1, 0.15) is 184 Å². The molecule has 672 valence electrons. The smallest absolute Gasteiger partial charge is 0.707 e. The van der Waals surface area contributed by atoms with E-state index in [1.807, 2.05) is 84.9 Å². The zero-order valence-electron chi connectivity index (χ0n) is 71.8. The summed E-state index contributed by atoms with van der Waals surface area (Å²) in [6.07, 6.45) is 19.6. The molecule has 27 nitrogen and oxygen atoms in total. The molecule has 12 saturated carbocycles. The maximum absolute atomic E-state index is 13.2. The minimum Gasteiger partial charge on any atom is -0.707 e. The predicted octanol–water partition coefficient (Wildman–Crippen LogP) is 3.77. The van der Waals surface area contributed by atoms with E-state index in [9.17, 15) is 58.2 Å². The summed E-state index contributed by atoms with van der Waals surface area (Å²) >= 11 is 3.38. The Labute approximate surface area is 777 Å². The van der Waals surface area contributed by atoms with Crippen LogP contribution in [0.15, 0.2) is 109 Å². The number of halogens is 2. The van der Waals surface area contributed by atoms with Crippen molar-refractivity contribution < 1.29 is 145 Å². The fourth-order valence-corrected chi connectivity index (χ4v) is 30.9. The summed E-state index contributed by atoms with van der Waals surface area (Å²) in [5, 5.41) is 90.8. The molecule has 31 heteroatoms. The Morgan fingerprint density at radius 1 is 0.516 bits per heavy atom. The number of nitrogens with zero attached hydrogens (tertiary/aromatic N) is 3. The first-order valence-electron chi connectivity index (χ1n) is 45.4. The van der Waals surface area contributed by atoms with Crippen LogP contribution < -0.4 is 73.8 Å². The quantitative estimate of drug-likeness (QED) is 0.0146. The van der Waals surface area contributed by atoms with Gasteiger partial charge in [0.15, 0.2) is 105 Å². The van der Waals surface area contributed by atoms with Gasteiger partial charge in [-0.3, -0.25) is 33.8 Å². The van der Waals surface area contributed by atoms with E-state index in [1.54, 1.807) is 12.1 Å². The Kier molecular flexibility index (Phi) is 19.5. The third kappa shape index (κ3) is 11.4. The van der Waals surface area contributed by atoms with Crippen molar-refractivity contribution in [1.82, 2.24) is 15.1 Å². The third-order valence-corrected chi connectivity index (χ3v) is 36.8. The summed E-state index contributed by atoms with van der Waals surface area (Å²) in [5.41, 5.74) is 4.81. The molecule has 23 atom stereocenters. The molecular formula is C97H105BrClN4NaO23S. The molecule has 7 N–H and O–H groups in total. The van der Waals surface area contributed by atoms with Crippen LogP contribution in [0.5, 0.6) is 46.0 Å². The van der Waals surface area contributed by atoms with Gasteiger partial charge in [-0.15, -0.1) is 12.4 Å². The molecule has 16 fully saturated rings. The maximum atomic E-state index is 13.2. The first-order valence-corrected chi connectivity index (χ1v) is 48.4. The molecule has 8 aliphatic heterocycles. The Bertz CT molecular complexity index is 5850. The SMILES string of the molecule is BrCC1CC1.CS(=O)(=O)O[O-].C[N+]1(CC2CC2)[C@@H]2C13Cc1ccc(OCc4ccccc4)c4c1[C@@]1(C3)C(O4)C(=O)CC[C@@]21O.Cl.O=C1CC[C@@]2(O)[C@@H]3N(CC4CC4)C34Cc3ccc(O)c5c3[C@@]2(C4)C1O5.O=C1CC[C@@]2(O)[C@@H]3N(CC4CC4)C34Cc3ccc(OCc5ccccc5)c5c3[C@@]2(C4)C1O5.O=C1CC[C@@]2(O)[C@@H]3NC34Cc3ccc(O)c5c3[C@@]2(C4)C1O5.O=CO[O-].[Na+]. The van der Waals surface area contributed by atoms with Crippen LogP contribution in [0.4, 0.5) is 0 Å². The average molecular weight is 1870 g/mol. The molecule has 24 aliphatic rings. The monoisotopic (exact) mass is 1860 g/mol. The Balaban J connectivity index is 0.0000000957. The van der Waals surface area contributed by atoms with E-state index in [-0.39, 0.29) is 129 Å². The van der Waals surface area contributed by atoms with Gasteiger partial charge in [0, 0.05) is 102 Å². The Hall–Kier alpha value is -6.85. The van der Waals surface area contributed by atoms with Crippen LogP contribution in [0.2, 0.25) is 0 Å². The molecule has 128 heavy (non-hydrogen) atoms. The topological polar surface area (TPSA) is 389 Å². The number of likely N-dealkylation sites (tertiary alicyclic amines) is 3. The largest absolute Gasteiger partial charge is 1.00 e. The second-order valence-electron chi connectivity index (χ2n) is 42.1. The number of rotatable bonds is 15. The van der Waals surface area contributed by atoms with Crippen molar-refractivity contribution in [3.05, 3.63) is 165 Å².